The lowest BCUT2D eigenvalue weighted by atomic mass is 9.85. The van der Waals surface area contributed by atoms with Crippen molar-refractivity contribution in [3.05, 3.63) is 47.4 Å². The molecule has 2 atom stereocenters. The van der Waals surface area contributed by atoms with Crippen LogP contribution < -0.4 is 5.73 Å². The van der Waals surface area contributed by atoms with Crippen LogP contribution >= 0.6 is 10.2 Å². The maximum atomic E-state index is 13.1. The van der Waals surface area contributed by atoms with Crippen molar-refractivity contribution in [3.8, 4) is 0 Å². The number of imidazole rings is 1. The zero-order chi connectivity index (χ0) is 26.7. The van der Waals surface area contributed by atoms with Crippen LogP contribution in [0.15, 0.2) is 35.4 Å². The van der Waals surface area contributed by atoms with E-state index in [2.05, 4.69) is 9.97 Å². The van der Waals surface area contributed by atoms with E-state index in [0.717, 1.165) is 35.8 Å². The maximum absolute atomic E-state index is 13.1. The molecule has 13 heteroatoms. The highest BCUT2D eigenvalue weighted by atomic mass is 32.5. The molecule has 2 aliphatic rings. The van der Waals surface area contributed by atoms with Gasteiger partial charge < -0.3 is 20.4 Å². The number of likely N-dealkylation sites (tertiary alicyclic amines) is 1. The summed E-state index contributed by atoms with van der Waals surface area (Å²) >= 11 is 0. The normalized spacial score (nSPS) is 23.6. The highest BCUT2D eigenvalue weighted by Crippen LogP contribution is 3.02. The van der Waals surface area contributed by atoms with Gasteiger partial charge in [0.25, 0.3) is 5.91 Å². The lowest BCUT2D eigenvalue weighted by Crippen LogP contribution is -2.44. The third kappa shape index (κ3) is 5.11. The smallest absolute Gasteiger partial charge is 0.310 e. The number of carbonyl (C=O) groups is 1. The number of rotatable bonds is 4. The molecular formula is C24H28F5N5O2S. The average molecular weight is 546 g/mol. The first kappa shape index (κ1) is 25.7. The summed E-state index contributed by atoms with van der Waals surface area (Å²) < 4.78 is 71.1. The molecule has 2 saturated heterocycles. The van der Waals surface area contributed by atoms with Gasteiger partial charge in [-0.1, -0.05) is 19.4 Å². The molecule has 0 aliphatic carbocycles. The number of hydrogen-bond donors (Lipinski definition) is 2. The van der Waals surface area contributed by atoms with Gasteiger partial charge in [0.1, 0.15) is 16.2 Å². The number of H-pyrrole nitrogens is 1. The number of anilines is 1. The number of aromatic amines is 1. The van der Waals surface area contributed by atoms with E-state index in [1.54, 1.807) is 6.20 Å². The number of halogens is 5. The van der Waals surface area contributed by atoms with E-state index < -0.39 is 26.7 Å². The molecule has 1 aromatic carbocycles. The molecule has 0 spiro atoms. The van der Waals surface area contributed by atoms with Gasteiger partial charge in [0, 0.05) is 43.6 Å². The van der Waals surface area contributed by atoms with Crippen LogP contribution in [0.25, 0.3) is 11.2 Å². The SMILES string of the molecule is CC1CC(c2ccnc3[nH]c(C4CCOCC4)nc23)CCN1C(=O)c1ccc(S(F)(F)(F)(F)F)cc1N. The number of benzene rings is 1. The van der Waals surface area contributed by atoms with Crippen molar-refractivity contribution in [2.24, 2.45) is 0 Å². The quantitative estimate of drug-likeness (QED) is 0.288. The number of ether oxygens (including phenoxy) is 1. The first-order valence-corrected chi connectivity index (χ1v) is 14.0. The summed E-state index contributed by atoms with van der Waals surface area (Å²) in [4.78, 5) is 25.2. The van der Waals surface area contributed by atoms with E-state index in [9.17, 15) is 24.2 Å². The number of fused-ring (bicyclic) bond motifs is 1. The number of hydrogen-bond acceptors (Lipinski definition) is 5. The Balaban J connectivity index is 1.34. The Labute approximate surface area is 210 Å². The predicted molar refractivity (Wildman–Crippen MR) is 131 cm³/mol. The van der Waals surface area contributed by atoms with E-state index in [1.165, 1.54) is 4.90 Å². The summed E-state index contributed by atoms with van der Waals surface area (Å²) in [5.74, 6) is 0.677. The molecule has 2 unspecified atom stereocenters. The molecule has 3 N–H and O–H groups in total. The van der Waals surface area contributed by atoms with Gasteiger partial charge in [0.05, 0.1) is 5.56 Å². The summed E-state index contributed by atoms with van der Waals surface area (Å²) in [6.07, 6.45) is 4.69. The third-order valence-electron chi connectivity index (χ3n) is 7.32. The number of aromatic nitrogens is 3. The highest BCUT2D eigenvalue weighted by molar-refractivity contribution is 8.45. The molecule has 4 heterocycles. The van der Waals surface area contributed by atoms with E-state index in [0.29, 0.717) is 38.2 Å². The van der Waals surface area contributed by atoms with Crippen molar-refractivity contribution >= 4 is 33.0 Å². The van der Waals surface area contributed by atoms with Crippen molar-refractivity contribution in [1.82, 2.24) is 19.9 Å². The Hall–Kier alpha value is -2.93. The molecule has 5 rings (SSSR count). The zero-order valence-electron chi connectivity index (χ0n) is 20.1. The number of carbonyl (C=O) groups excluding carboxylic acids is 1. The van der Waals surface area contributed by atoms with Crippen molar-refractivity contribution in [1.29, 1.82) is 0 Å². The summed E-state index contributed by atoms with van der Waals surface area (Å²) in [5, 5.41) is 0. The van der Waals surface area contributed by atoms with Crippen LogP contribution in [0.4, 0.5) is 25.1 Å². The van der Waals surface area contributed by atoms with Crippen LogP contribution in [0.2, 0.25) is 0 Å². The fraction of sp³-hybridized carbons (Fsp3) is 0.458. The number of nitrogens with one attached hydrogen (secondary N) is 1. The molecule has 202 valence electrons. The van der Waals surface area contributed by atoms with E-state index in [1.807, 2.05) is 13.0 Å². The van der Waals surface area contributed by atoms with Gasteiger partial charge in [0.15, 0.2) is 5.65 Å². The number of nitrogens with two attached hydrogens (primary N) is 1. The molecule has 0 saturated carbocycles. The number of amides is 1. The van der Waals surface area contributed by atoms with Crippen LogP contribution in [-0.2, 0) is 4.74 Å². The lowest BCUT2D eigenvalue weighted by Gasteiger charge is -2.41. The Kier molecular flexibility index (Phi) is 5.76. The highest BCUT2D eigenvalue weighted by Gasteiger charge is 2.65. The summed E-state index contributed by atoms with van der Waals surface area (Å²) in [7, 11) is -9.89. The number of nitrogens with zero attached hydrogens (tertiary/aromatic N) is 3. The van der Waals surface area contributed by atoms with Crippen LogP contribution in [0.1, 0.15) is 66.2 Å². The topological polar surface area (TPSA) is 97.1 Å². The standard InChI is InChI=1S/C24H28F5N5O2S/c1-14-12-16(18-4-8-31-23-21(18)32-22(33-23)15-6-10-36-11-7-15)5-9-34(14)24(35)19-3-2-17(13-20(19)30)37(25,26,27,28)29/h2-4,8,13-16H,5-7,9-12,30H2,1H3,(H,31,32,33). The van der Waals surface area contributed by atoms with E-state index in [-0.39, 0.29) is 35.6 Å². The first-order chi connectivity index (χ1) is 17.2. The van der Waals surface area contributed by atoms with Gasteiger partial charge in [-0.2, -0.15) is 0 Å². The van der Waals surface area contributed by atoms with Crippen molar-refractivity contribution in [2.45, 2.75) is 55.4 Å². The largest absolute Gasteiger partial charge is 0.398 e. The second kappa shape index (κ2) is 8.29. The van der Waals surface area contributed by atoms with Gasteiger partial charge in [-0.15, -0.1) is 0 Å². The zero-order valence-corrected chi connectivity index (χ0v) is 20.9. The fourth-order valence-corrected chi connectivity index (χ4v) is 6.00. The summed E-state index contributed by atoms with van der Waals surface area (Å²) in [6.45, 7) is 3.56. The van der Waals surface area contributed by atoms with Crippen LogP contribution in [0, 0.1) is 0 Å². The van der Waals surface area contributed by atoms with Crippen molar-refractivity contribution in [2.75, 3.05) is 25.5 Å². The van der Waals surface area contributed by atoms with Crippen LogP contribution in [0.5, 0.6) is 0 Å². The van der Waals surface area contributed by atoms with Crippen molar-refractivity contribution in [3.63, 3.8) is 0 Å². The third-order valence-corrected chi connectivity index (χ3v) is 8.46. The second-order valence-corrected chi connectivity index (χ2v) is 12.3. The minimum Gasteiger partial charge on any atom is -0.398 e. The Morgan fingerprint density at radius 3 is 2.49 bits per heavy atom. The van der Waals surface area contributed by atoms with Gasteiger partial charge in [0.2, 0.25) is 0 Å². The minimum atomic E-state index is -9.89. The Morgan fingerprint density at radius 2 is 1.84 bits per heavy atom. The molecule has 2 aromatic heterocycles. The van der Waals surface area contributed by atoms with Crippen LogP contribution in [-0.4, -0.2) is 51.6 Å². The van der Waals surface area contributed by atoms with Crippen molar-refractivity contribution < 1.29 is 29.0 Å². The summed E-state index contributed by atoms with van der Waals surface area (Å²) in [6, 6.07) is 2.77. The molecule has 2 aliphatic heterocycles. The van der Waals surface area contributed by atoms with Gasteiger partial charge in [-0.3, -0.25) is 4.79 Å². The second-order valence-electron chi connectivity index (χ2n) is 9.89. The molecule has 37 heavy (non-hydrogen) atoms. The minimum absolute atomic E-state index is 0.0863. The molecule has 2 fully saturated rings. The fourth-order valence-electron chi connectivity index (χ4n) is 5.33. The summed E-state index contributed by atoms with van der Waals surface area (Å²) in [5.41, 5.74) is 7.33. The van der Waals surface area contributed by atoms with Crippen LogP contribution in [0.3, 0.4) is 0 Å². The Morgan fingerprint density at radius 1 is 1.11 bits per heavy atom. The maximum Gasteiger partial charge on any atom is 0.310 e. The molecule has 0 bridgehead atoms. The lowest BCUT2D eigenvalue weighted by molar-refractivity contribution is 0.0617. The number of piperidine rings is 1. The van der Waals surface area contributed by atoms with E-state index >= 15 is 0 Å². The van der Waals surface area contributed by atoms with Gasteiger partial charge >= 0.3 is 10.2 Å². The first-order valence-electron chi connectivity index (χ1n) is 12.1. The molecule has 3 aromatic rings. The Bertz CT molecular complexity index is 1360. The number of nitrogen functional groups attached to an aromatic ring is 1. The predicted octanol–water partition coefficient (Wildman–Crippen LogP) is 6.50. The average Bonchev–Trinajstić information content (AvgIpc) is 3.27. The number of pyridine rings is 1. The van der Waals surface area contributed by atoms with E-state index in [4.69, 9.17) is 15.5 Å². The molecule has 0 radical (unpaired) electrons. The molecular weight excluding hydrogens is 517 g/mol. The molecule has 7 nitrogen and oxygen atoms in total. The van der Waals surface area contributed by atoms with Gasteiger partial charge in [-0.05, 0) is 68.4 Å². The monoisotopic (exact) mass is 545 g/mol. The van der Waals surface area contributed by atoms with Gasteiger partial charge in [-0.25, -0.2) is 9.97 Å². The molecule has 1 amide bonds.